The first-order valence-electron chi connectivity index (χ1n) is 6.64. The molecule has 2 heterocycles. The average molecular weight is 242 g/mol. The maximum Gasteiger partial charge on any atom is 0.100 e. The molecule has 3 rings (SSSR count). The second-order valence-corrected chi connectivity index (χ2v) is 4.75. The van der Waals surface area contributed by atoms with Gasteiger partial charge in [-0.2, -0.15) is 15.0 Å². The number of nitrogens with zero attached hydrogens (tertiary/aromatic N) is 3. The van der Waals surface area contributed by atoms with Gasteiger partial charge in [-0.1, -0.05) is 31.0 Å². The van der Waals surface area contributed by atoms with E-state index in [1.807, 2.05) is 36.5 Å². The molecular formula is C14H18N4. The summed E-state index contributed by atoms with van der Waals surface area (Å²) >= 11 is 0. The Balaban J connectivity index is 1.80. The van der Waals surface area contributed by atoms with Crippen LogP contribution in [0.3, 0.4) is 0 Å². The third-order valence-corrected chi connectivity index (χ3v) is 3.41. The molecule has 1 aliphatic rings. The van der Waals surface area contributed by atoms with Crippen molar-refractivity contribution in [2.24, 2.45) is 0 Å². The topological polar surface area (TPSA) is 42.7 Å². The highest BCUT2D eigenvalue weighted by molar-refractivity contribution is 5.28. The number of aromatic nitrogens is 3. The fourth-order valence-electron chi connectivity index (χ4n) is 2.40. The molecule has 0 radical (unpaired) electrons. The Kier molecular flexibility index (Phi) is 3.37. The van der Waals surface area contributed by atoms with Crippen molar-refractivity contribution in [3.63, 3.8) is 0 Å². The lowest BCUT2D eigenvalue weighted by molar-refractivity contribution is 0.517. The zero-order valence-electron chi connectivity index (χ0n) is 10.4. The molecule has 94 valence electrons. The molecule has 0 amide bonds. The van der Waals surface area contributed by atoms with E-state index in [4.69, 9.17) is 0 Å². The zero-order chi connectivity index (χ0) is 12.2. The lowest BCUT2D eigenvalue weighted by atomic mass is 10.1. The Bertz CT molecular complexity index is 484. The van der Waals surface area contributed by atoms with E-state index in [9.17, 15) is 0 Å². The highest BCUT2D eigenvalue weighted by Crippen LogP contribution is 2.20. The highest BCUT2D eigenvalue weighted by Gasteiger charge is 2.16. The van der Waals surface area contributed by atoms with Crippen molar-refractivity contribution >= 4 is 0 Å². The molecule has 0 aliphatic carbocycles. The molecule has 4 nitrogen and oxygen atoms in total. The van der Waals surface area contributed by atoms with E-state index in [2.05, 4.69) is 15.5 Å². The van der Waals surface area contributed by atoms with Gasteiger partial charge in [-0.25, -0.2) is 0 Å². The van der Waals surface area contributed by atoms with E-state index in [-0.39, 0.29) is 0 Å². The molecule has 4 heteroatoms. The van der Waals surface area contributed by atoms with Crippen molar-refractivity contribution in [3.05, 3.63) is 42.2 Å². The second-order valence-electron chi connectivity index (χ2n) is 4.75. The Hall–Kier alpha value is -1.68. The zero-order valence-corrected chi connectivity index (χ0v) is 10.4. The van der Waals surface area contributed by atoms with Crippen LogP contribution in [0.5, 0.6) is 0 Å². The summed E-state index contributed by atoms with van der Waals surface area (Å²) in [5.74, 6) is 0. The molecule has 1 fully saturated rings. The lowest BCUT2D eigenvalue weighted by Gasteiger charge is -2.11. The Morgan fingerprint density at radius 2 is 2.00 bits per heavy atom. The summed E-state index contributed by atoms with van der Waals surface area (Å²) in [6, 6.07) is 10.4. The fraction of sp³-hybridized carbons (Fsp3) is 0.429. The van der Waals surface area contributed by atoms with Crippen LogP contribution >= 0.6 is 0 Å². The summed E-state index contributed by atoms with van der Waals surface area (Å²) in [6.45, 7) is 1.09. The highest BCUT2D eigenvalue weighted by atomic mass is 15.5. The average Bonchev–Trinajstić information content (AvgIpc) is 2.76. The van der Waals surface area contributed by atoms with Gasteiger partial charge >= 0.3 is 0 Å². The number of rotatable bonds is 2. The van der Waals surface area contributed by atoms with Crippen LogP contribution in [0.2, 0.25) is 0 Å². The van der Waals surface area contributed by atoms with Crippen LogP contribution in [-0.2, 0) is 0 Å². The van der Waals surface area contributed by atoms with Crippen LogP contribution in [0.15, 0.2) is 36.5 Å². The number of para-hydroxylation sites is 1. The molecule has 1 unspecified atom stereocenters. The quantitative estimate of drug-likeness (QED) is 0.879. The lowest BCUT2D eigenvalue weighted by Crippen LogP contribution is -2.20. The molecule has 0 saturated carbocycles. The summed E-state index contributed by atoms with van der Waals surface area (Å²) < 4.78 is 0. The SMILES string of the molecule is c1ccc(-n2ncc(C3CCCCCN3)n2)cc1. The van der Waals surface area contributed by atoms with Crippen molar-refractivity contribution in [2.75, 3.05) is 6.54 Å². The van der Waals surface area contributed by atoms with Gasteiger partial charge in [0.05, 0.1) is 17.9 Å². The smallest absolute Gasteiger partial charge is 0.100 e. The summed E-state index contributed by atoms with van der Waals surface area (Å²) in [5.41, 5.74) is 2.07. The van der Waals surface area contributed by atoms with Crippen LogP contribution in [0, 0.1) is 0 Å². The maximum atomic E-state index is 4.59. The maximum absolute atomic E-state index is 4.59. The van der Waals surface area contributed by atoms with Crippen molar-refractivity contribution < 1.29 is 0 Å². The third-order valence-electron chi connectivity index (χ3n) is 3.41. The predicted molar refractivity (Wildman–Crippen MR) is 70.6 cm³/mol. The van der Waals surface area contributed by atoms with Crippen LogP contribution in [0.25, 0.3) is 5.69 Å². The van der Waals surface area contributed by atoms with Crippen molar-refractivity contribution in [2.45, 2.75) is 31.7 Å². The van der Waals surface area contributed by atoms with Crippen LogP contribution in [0.4, 0.5) is 0 Å². The van der Waals surface area contributed by atoms with Gasteiger partial charge in [0.2, 0.25) is 0 Å². The summed E-state index contributed by atoms with van der Waals surface area (Å²) in [5, 5.41) is 12.5. The summed E-state index contributed by atoms with van der Waals surface area (Å²) in [7, 11) is 0. The van der Waals surface area contributed by atoms with E-state index >= 15 is 0 Å². The minimum absolute atomic E-state index is 0.366. The normalized spacial score (nSPS) is 20.6. The van der Waals surface area contributed by atoms with Gasteiger partial charge in [-0.15, -0.1) is 0 Å². The van der Waals surface area contributed by atoms with E-state index in [0.29, 0.717) is 6.04 Å². The van der Waals surface area contributed by atoms with Crippen molar-refractivity contribution in [1.29, 1.82) is 0 Å². The molecule has 1 atom stereocenters. The van der Waals surface area contributed by atoms with Gasteiger partial charge in [-0.05, 0) is 31.5 Å². The van der Waals surface area contributed by atoms with Gasteiger partial charge in [0, 0.05) is 0 Å². The molecule has 18 heavy (non-hydrogen) atoms. The van der Waals surface area contributed by atoms with Crippen LogP contribution in [0.1, 0.15) is 37.4 Å². The molecular weight excluding hydrogens is 224 g/mol. The molecule has 1 aromatic carbocycles. The first-order chi connectivity index (χ1) is 8.93. The summed E-state index contributed by atoms with van der Waals surface area (Å²) in [4.78, 5) is 1.71. The fourth-order valence-corrected chi connectivity index (χ4v) is 2.40. The van der Waals surface area contributed by atoms with Gasteiger partial charge in [-0.3, -0.25) is 0 Å². The number of benzene rings is 1. The van der Waals surface area contributed by atoms with Gasteiger partial charge < -0.3 is 5.32 Å². The minimum atomic E-state index is 0.366. The third kappa shape index (κ3) is 2.43. The van der Waals surface area contributed by atoms with E-state index in [0.717, 1.165) is 24.3 Å². The molecule has 1 aliphatic heterocycles. The van der Waals surface area contributed by atoms with Crippen LogP contribution < -0.4 is 5.32 Å². The number of hydrogen-bond donors (Lipinski definition) is 1. The monoisotopic (exact) mass is 242 g/mol. The Morgan fingerprint density at radius 3 is 2.89 bits per heavy atom. The number of nitrogens with one attached hydrogen (secondary N) is 1. The van der Waals surface area contributed by atoms with Crippen LogP contribution in [-0.4, -0.2) is 21.5 Å². The second kappa shape index (κ2) is 5.31. The molecule has 1 N–H and O–H groups in total. The van der Waals surface area contributed by atoms with E-state index in [1.54, 1.807) is 4.80 Å². The van der Waals surface area contributed by atoms with E-state index in [1.165, 1.54) is 19.3 Å². The Morgan fingerprint density at radius 1 is 1.11 bits per heavy atom. The molecule has 0 spiro atoms. The van der Waals surface area contributed by atoms with E-state index < -0.39 is 0 Å². The minimum Gasteiger partial charge on any atom is -0.309 e. The van der Waals surface area contributed by atoms with Crippen molar-refractivity contribution in [1.82, 2.24) is 20.3 Å². The largest absolute Gasteiger partial charge is 0.309 e. The summed E-state index contributed by atoms with van der Waals surface area (Å²) in [6.07, 6.45) is 6.90. The standard InChI is InChI=1S/C14H18N4/c1-3-7-12(8-4-1)18-16-11-14(17-18)13-9-5-2-6-10-15-13/h1,3-4,7-8,11,13,15H,2,5-6,9-10H2. The van der Waals surface area contributed by atoms with Gasteiger partial charge in [0.1, 0.15) is 5.69 Å². The molecule has 0 bridgehead atoms. The molecule has 1 aromatic heterocycles. The van der Waals surface area contributed by atoms with Gasteiger partial charge in [0.15, 0.2) is 0 Å². The number of hydrogen-bond acceptors (Lipinski definition) is 3. The van der Waals surface area contributed by atoms with Gasteiger partial charge in [0.25, 0.3) is 0 Å². The Labute approximate surface area is 107 Å². The molecule has 2 aromatic rings. The predicted octanol–water partition coefficient (Wildman–Crippen LogP) is 2.47. The first kappa shape index (κ1) is 11.4. The van der Waals surface area contributed by atoms with Crippen molar-refractivity contribution in [3.8, 4) is 5.69 Å². The molecule has 1 saturated heterocycles. The first-order valence-corrected chi connectivity index (χ1v) is 6.64.